The van der Waals surface area contributed by atoms with Gasteiger partial charge in [0.2, 0.25) is 0 Å². The molecule has 150 valence electrons. The van der Waals surface area contributed by atoms with Crippen molar-refractivity contribution in [2.75, 3.05) is 20.6 Å². The topological polar surface area (TPSA) is 40.5 Å². The number of carbonyl (C=O) groups is 1. The van der Waals surface area contributed by atoms with Crippen molar-refractivity contribution in [3.05, 3.63) is 23.3 Å². The van der Waals surface area contributed by atoms with Crippen molar-refractivity contribution in [2.45, 2.75) is 71.3 Å². The van der Waals surface area contributed by atoms with Crippen LogP contribution in [0.15, 0.2) is 23.3 Å². The number of nitrogens with zero attached hydrogens (tertiary/aromatic N) is 1. The molecule has 0 heterocycles. The zero-order valence-electron chi connectivity index (χ0n) is 17.6. The van der Waals surface area contributed by atoms with Crippen LogP contribution in [0.3, 0.4) is 0 Å². The van der Waals surface area contributed by atoms with Gasteiger partial charge in [-0.15, -0.1) is 0 Å². The minimum atomic E-state index is -0.135. The molecule has 2 fully saturated rings. The maximum atomic E-state index is 13.0. The molecule has 0 saturated heterocycles. The van der Waals surface area contributed by atoms with E-state index < -0.39 is 0 Å². The van der Waals surface area contributed by atoms with Gasteiger partial charge in [-0.2, -0.15) is 0 Å². The number of Topliss-reactive ketones (excluding diaryl/α,β-unsaturated/α-hetero) is 1. The van der Waals surface area contributed by atoms with Crippen LogP contribution in [0.25, 0.3) is 0 Å². The average molecular weight is 372 g/mol. The maximum absolute atomic E-state index is 13.0. The minimum absolute atomic E-state index is 0.0838. The van der Waals surface area contributed by atoms with E-state index in [2.05, 4.69) is 30.9 Å². The molecule has 0 radical (unpaired) electrons. The smallest absolute Gasteiger partial charge is 0.160 e. The SMILES string of the molecule is CN(C)CCC(=O)C1=CCC2C3CC=C4CC(O)CCC4(C)C3CCC12C. The van der Waals surface area contributed by atoms with E-state index in [-0.39, 0.29) is 16.9 Å². The van der Waals surface area contributed by atoms with Crippen molar-refractivity contribution in [3.8, 4) is 0 Å². The Balaban J connectivity index is 1.55. The highest BCUT2D eigenvalue weighted by molar-refractivity contribution is 5.97. The first-order valence-electron chi connectivity index (χ1n) is 11.0. The first-order chi connectivity index (χ1) is 12.8. The Bertz CT molecular complexity index is 678. The Kier molecular flexibility index (Phi) is 4.91. The van der Waals surface area contributed by atoms with E-state index in [1.807, 2.05) is 14.1 Å². The van der Waals surface area contributed by atoms with E-state index in [1.165, 1.54) is 12.0 Å². The van der Waals surface area contributed by atoms with E-state index in [9.17, 15) is 9.90 Å². The number of hydrogen-bond donors (Lipinski definition) is 1. The van der Waals surface area contributed by atoms with Crippen molar-refractivity contribution in [1.29, 1.82) is 0 Å². The third kappa shape index (κ3) is 3.06. The first kappa shape index (κ1) is 19.4. The van der Waals surface area contributed by atoms with E-state index in [0.29, 0.717) is 24.0 Å². The molecule has 2 saturated carbocycles. The predicted octanol–water partition coefficient (Wildman–Crippen LogP) is 4.37. The molecular weight excluding hydrogens is 334 g/mol. The molecule has 6 unspecified atom stereocenters. The van der Waals surface area contributed by atoms with Crippen molar-refractivity contribution >= 4 is 5.78 Å². The average Bonchev–Trinajstić information content (AvgIpc) is 2.97. The lowest BCUT2D eigenvalue weighted by atomic mass is 9.47. The molecule has 27 heavy (non-hydrogen) atoms. The molecule has 0 amide bonds. The highest BCUT2D eigenvalue weighted by atomic mass is 16.3. The van der Waals surface area contributed by atoms with E-state index in [4.69, 9.17) is 0 Å². The third-order valence-corrected chi connectivity index (χ3v) is 8.75. The van der Waals surface area contributed by atoms with Crippen LogP contribution in [0.5, 0.6) is 0 Å². The van der Waals surface area contributed by atoms with Crippen LogP contribution in [0.4, 0.5) is 0 Å². The molecular formula is C24H37NO2. The Morgan fingerprint density at radius 1 is 1.11 bits per heavy atom. The van der Waals surface area contributed by atoms with Crippen LogP contribution in [0.2, 0.25) is 0 Å². The molecule has 6 atom stereocenters. The number of carbonyl (C=O) groups excluding carboxylic acids is 1. The van der Waals surface area contributed by atoms with Gasteiger partial charge in [-0.1, -0.05) is 31.6 Å². The summed E-state index contributed by atoms with van der Waals surface area (Å²) in [5, 5.41) is 10.1. The summed E-state index contributed by atoms with van der Waals surface area (Å²) in [6.45, 7) is 5.69. The summed E-state index contributed by atoms with van der Waals surface area (Å²) in [5.74, 6) is 2.43. The standard InChI is InChI=1S/C24H37NO2/c1-23-12-9-17(26)15-16(23)5-6-18-19-7-8-21(22(27)11-14-25(3)4)24(19,2)13-10-20(18)23/h5,8,17-20,26H,6-7,9-15H2,1-4H3. The summed E-state index contributed by atoms with van der Waals surface area (Å²) >= 11 is 0. The van der Waals surface area contributed by atoms with Crippen molar-refractivity contribution in [3.63, 3.8) is 0 Å². The van der Waals surface area contributed by atoms with Crippen molar-refractivity contribution < 1.29 is 9.90 Å². The molecule has 0 aromatic rings. The molecule has 4 aliphatic carbocycles. The molecule has 0 aliphatic heterocycles. The summed E-state index contributed by atoms with van der Waals surface area (Å²) in [6, 6.07) is 0. The quantitative estimate of drug-likeness (QED) is 0.746. The third-order valence-electron chi connectivity index (χ3n) is 8.75. The maximum Gasteiger partial charge on any atom is 0.160 e. The number of ketones is 1. The Morgan fingerprint density at radius 2 is 1.85 bits per heavy atom. The van der Waals surface area contributed by atoms with Gasteiger partial charge in [0.05, 0.1) is 6.10 Å². The highest BCUT2D eigenvalue weighted by Gasteiger charge is 2.57. The number of allylic oxidation sites excluding steroid dienone is 3. The van der Waals surface area contributed by atoms with Gasteiger partial charge in [0.15, 0.2) is 5.78 Å². The summed E-state index contributed by atoms with van der Waals surface area (Å²) < 4.78 is 0. The summed E-state index contributed by atoms with van der Waals surface area (Å²) in [7, 11) is 4.08. The number of hydrogen-bond acceptors (Lipinski definition) is 3. The largest absolute Gasteiger partial charge is 0.393 e. The lowest BCUT2D eigenvalue weighted by Gasteiger charge is -2.57. The van der Waals surface area contributed by atoms with E-state index in [0.717, 1.165) is 56.6 Å². The second-order valence-corrected chi connectivity index (χ2v) is 10.4. The van der Waals surface area contributed by atoms with Gasteiger partial charge in [0.1, 0.15) is 0 Å². The van der Waals surface area contributed by atoms with Crippen molar-refractivity contribution in [2.24, 2.45) is 28.6 Å². The fraction of sp³-hybridized carbons (Fsp3) is 0.792. The highest BCUT2D eigenvalue weighted by Crippen LogP contribution is 2.65. The molecule has 0 spiro atoms. The van der Waals surface area contributed by atoms with Crippen molar-refractivity contribution in [1.82, 2.24) is 4.90 Å². The fourth-order valence-electron chi connectivity index (χ4n) is 7.10. The molecule has 3 heteroatoms. The second-order valence-electron chi connectivity index (χ2n) is 10.4. The zero-order valence-corrected chi connectivity index (χ0v) is 17.6. The second kappa shape index (κ2) is 6.84. The summed E-state index contributed by atoms with van der Waals surface area (Å²) in [6.07, 6.45) is 12.9. The fourth-order valence-corrected chi connectivity index (χ4v) is 7.10. The Hall–Kier alpha value is -0.930. The van der Waals surface area contributed by atoms with Gasteiger partial charge in [-0.3, -0.25) is 4.79 Å². The molecule has 4 aliphatic rings. The van der Waals surface area contributed by atoms with Gasteiger partial charge in [-0.25, -0.2) is 0 Å². The molecule has 0 aromatic heterocycles. The summed E-state index contributed by atoms with van der Waals surface area (Å²) in [5.41, 5.74) is 3.04. The molecule has 0 aromatic carbocycles. The summed E-state index contributed by atoms with van der Waals surface area (Å²) in [4.78, 5) is 15.1. The van der Waals surface area contributed by atoms with Gasteiger partial charge < -0.3 is 10.0 Å². The van der Waals surface area contributed by atoms with Crippen LogP contribution in [-0.2, 0) is 4.79 Å². The number of rotatable bonds is 4. The van der Waals surface area contributed by atoms with Gasteiger partial charge >= 0.3 is 0 Å². The molecule has 3 nitrogen and oxygen atoms in total. The lowest BCUT2D eigenvalue weighted by molar-refractivity contribution is -0.118. The normalized spacial score (nSPS) is 43.5. The first-order valence-corrected chi connectivity index (χ1v) is 11.0. The minimum Gasteiger partial charge on any atom is -0.393 e. The molecule has 1 N–H and O–H groups in total. The van der Waals surface area contributed by atoms with E-state index >= 15 is 0 Å². The van der Waals surface area contributed by atoms with Crippen LogP contribution in [0.1, 0.15) is 65.2 Å². The monoisotopic (exact) mass is 371 g/mol. The molecule has 0 bridgehead atoms. The predicted molar refractivity (Wildman–Crippen MR) is 109 cm³/mol. The number of fused-ring (bicyclic) bond motifs is 5. The van der Waals surface area contributed by atoms with Crippen LogP contribution in [0, 0.1) is 28.6 Å². The zero-order chi connectivity index (χ0) is 19.4. The van der Waals surface area contributed by atoms with Crippen LogP contribution in [-0.4, -0.2) is 42.5 Å². The van der Waals surface area contributed by atoms with Gasteiger partial charge in [0, 0.05) is 13.0 Å². The van der Waals surface area contributed by atoms with Crippen LogP contribution < -0.4 is 0 Å². The van der Waals surface area contributed by atoms with Gasteiger partial charge in [-0.05, 0) is 93.2 Å². The molecule has 4 rings (SSSR count). The van der Waals surface area contributed by atoms with Crippen LogP contribution >= 0.6 is 0 Å². The number of aliphatic hydroxyl groups is 1. The Labute approximate surface area is 164 Å². The number of aliphatic hydroxyl groups excluding tert-OH is 1. The van der Waals surface area contributed by atoms with Gasteiger partial charge in [0.25, 0.3) is 0 Å². The van der Waals surface area contributed by atoms with E-state index in [1.54, 1.807) is 0 Å². The lowest BCUT2D eigenvalue weighted by Crippen LogP contribution is -2.50. The Morgan fingerprint density at radius 3 is 2.59 bits per heavy atom.